The third-order valence-corrected chi connectivity index (χ3v) is 25.6. The van der Waals surface area contributed by atoms with Crippen molar-refractivity contribution in [2.75, 3.05) is 0 Å². The minimum atomic E-state index is 0.931. The zero-order chi connectivity index (χ0) is 43.1. The lowest BCUT2D eigenvalue weighted by Crippen LogP contribution is -2.60. The topological polar surface area (TPSA) is 3.24 Å². The van der Waals surface area contributed by atoms with E-state index in [1.807, 2.05) is 0 Å². The van der Waals surface area contributed by atoms with Gasteiger partial charge in [-0.1, -0.05) is 154 Å². The zero-order valence-electron chi connectivity index (χ0n) is 43.0. The fourth-order valence-corrected chi connectivity index (χ4v) is 23.7. The van der Waals surface area contributed by atoms with Crippen molar-refractivity contribution in [2.24, 2.45) is 107 Å². The lowest BCUT2D eigenvalue weighted by molar-refractivity contribution is -0.176. The first-order valence-electron chi connectivity index (χ1n) is 32.1. The van der Waals surface area contributed by atoms with E-state index in [4.69, 9.17) is 0 Å². The molecule has 12 aliphatic carbocycles. The van der Waals surface area contributed by atoms with Gasteiger partial charge in [0, 0.05) is 18.1 Å². The Morgan fingerprint density at radius 3 is 0.862 bits per heavy atom. The average molecular weight is 891 g/mol. The van der Waals surface area contributed by atoms with E-state index < -0.39 is 0 Å². The molecular formula is C64H107N. The Kier molecular flexibility index (Phi) is 15.1. The Bertz CT molecular complexity index is 1380. The standard InChI is InChI=1S/C64H107N/c1-5-21-44(22-6-1)51-42-39-47(43-60(51)45-23-7-2-8-24-45)62-54-31-15-19-35-58(54)64(59-36-20-16-32-55(59)62)63-56-33-17-13-29-52(56)61(53-30-14-18-34-57(53)63)46-37-40-50(41-38-46)65(48-25-9-3-10-26-48)49-27-11-4-12-28-49/h44-64H,1-43H2. The van der Waals surface area contributed by atoms with E-state index in [1.54, 1.807) is 212 Å². The Labute approximate surface area is 403 Å². The van der Waals surface area contributed by atoms with E-state index in [2.05, 4.69) is 4.90 Å². The van der Waals surface area contributed by atoms with E-state index in [-0.39, 0.29) is 0 Å². The maximum Gasteiger partial charge on any atom is 0.0101 e. The minimum absolute atomic E-state index is 0.931. The molecule has 0 heterocycles. The molecule has 0 bridgehead atoms. The molecule has 0 aliphatic heterocycles. The number of fused-ring (bicyclic) bond motifs is 4. The van der Waals surface area contributed by atoms with Gasteiger partial charge in [0.1, 0.15) is 0 Å². The second kappa shape index (κ2) is 21.4. The van der Waals surface area contributed by atoms with Gasteiger partial charge in [0.25, 0.3) is 0 Å². The SMILES string of the molecule is C1CCC(C2CCC(C3C4CCCCC4C(C4C5CCCCC5C(C5CCC(N(C6CCCCC6)C6CCCCC6)CC5)C5CCCCC54)C4CCCCC43)CC2C2CCCCC2)CC1. The van der Waals surface area contributed by atoms with Crippen molar-refractivity contribution in [2.45, 2.75) is 294 Å². The van der Waals surface area contributed by atoms with Crippen molar-refractivity contribution in [1.29, 1.82) is 0 Å². The first-order valence-corrected chi connectivity index (χ1v) is 32.1. The molecule has 0 radical (unpaired) electrons. The highest BCUT2D eigenvalue weighted by Gasteiger charge is 2.62. The van der Waals surface area contributed by atoms with Crippen LogP contribution >= 0.6 is 0 Å². The van der Waals surface area contributed by atoms with Crippen LogP contribution in [0.1, 0.15) is 276 Å². The Morgan fingerprint density at radius 2 is 0.462 bits per heavy atom. The van der Waals surface area contributed by atoms with Gasteiger partial charge in [-0.15, -0.1) is 0 Å². The highest BCUT2D eigenvalue weighted by molar-refractivity contribution is 5.11. The smallest absolute Gasteiger partial charge is 0.0101 e. The Morgan fingerprint density at radius 1 is 0.169 bits per heavy atom. The van der Waals surface area contributed by atoms with Crippen molar-refractivity contribution < 1.29 is 0 Å². The Hall–Kier alpha value is -0.0400. The molecule has 11 unspecified atom stereocenters. The van der Waals surface area contributed by atoms with Gasteiger partial charge in [-0.25, -0.2) is 0 Å². The molecule has 12 rings (SSSR count). The van der Waals surface area contributed by atoms with Gasteiger partial charge in [0.2, 0.25) is 0 Å². The summed E-state index contributed by atoms with van der Waals surface area (Å²) in [5.74, 6) is 20.0. The van der Waals surface area contributed by atoms with E-state index in [1.165, 1.54) is 64.2 Å². The van der Waals surface area contributed by atoms with Gasteiger partial charge in [-0.05, 0) is 229 Å². The van der Waals surface area contributed by atoms with Crippen LogP contribution in [0.25, 0.3) is 0 Å². The maximum atomic E-state index is 3.30. The van der Waals surface area contributed by atoms with Crippen molar-refractivity contribution in [3.8, 4) is 0 Å². The molecule has 65 heavy (non-hydrogen) atoms. The van der Waals surface area contributed by atoms with Crippen LogP contribution in [0.4, 0.5) is 0 Å². The summed E-state index contributed by atoms with van der Waals surface area (Å²) < 4.78 is 0. The van der Waals surface area contributed by atoms with Gasteiger partial charge in [0.05, 0.1) is 0 Å². The third kappa shape index (κ3) is 9.25. The second-order valence-corrected chi connectivity index (χ2v) is 28.1. The van der Waals surface area contributed by atoms with Gasteiger partial charge >= 0.3 is 0 Å². The minimum Gasteiger partial charge on any atom is -0.294 e. The highest BCUT2D eigenvalue weighted by Crippen LogP contribution is 2.69. The molecule has 12 saturated carbocycles. The summed E-state index contributed by atoms with van der Waals surface area (Å²) in [6, 6.07) is 2.80. The molecule has 12 aliphatic rings. The fraction of sp³-hybridized carbons (Fsp3) is 1.00. The first-order chi connectivity index (χ1) is 32.3. The molecule has 0 saturated heterocycles. The molecule has 12 fully saturated rings. The van der Waals surface area contributed by atoms with Gasteiger partial charge in [-0.2, -0.15) is 0 Å². The summed E-state index contributed by atoms with van der Waals surface area (Å²) in [4.78, 5) is 3.30. The summed E-state index contributed by atoms with van der Waals surface area (Å²) in [6.45, 7) is 0. The van der Waals surface area contributed by atoms with Crippen molar-refractivity contribution in [3.63, 3.8) is 0 Å². The van der Waals surface area contributed by atoms with Crippen LogP contribution in [0.2, 0.25) is 0 Å². The average Bonchev–Trinajstić information content (AvgIpc) is 3.39. The normalized spacial score (nSPS) is 47.9. The third-order valence-electron chi connectivity index (χ3n) is 25.6. The van der Waals surface area contributed by atoms with Crippen LogP contribution in [-0.2, 0) is 0 Å². The highest BCUT2D eigenvalue weighted by atomic mass is 15.2. The predicted octanol–water partition coefficient (Wildman–Crippen LogP) is 18.4. The van der Waals surface area contributed by atoms with Crippen molar-refractivity contribution in [3.05, 3.63) is 0 Å². The molecule has 1 nitrogen and oxygen atoms in total. The molecule has 0 aromatic carbocycles. The van der Waals surface area contributed by atoms with E-state index >= 15 is 0 Å². The molecule has 368 valence electrons. The number of rotatable bonds is 8. The number of hydrogen-bond donors (Lipinski definition) is 0. The molecule has 0 aromatic heterocycles. The Balaban J connectivity index is 0.813. The van der Waals surface area contributed by atoms with Crippen LogP contribution in [-0.4, -0.2) is 23.0 Å². The monoisotopic (exact) mass is 890 g/mol. The summed E-state index contributed by atoms with van der Waals surface area (Å²) >= 11 is 0. The predicted molar refractivity (Wildman–Crippen MR) is 275 cm³/mol. The van der Waals surface area contributed by atoms with Crippen LogP contribution in [0.15, 0.2) is 0 Å². The van der Waals surface area contributed by atoms with Crippen molar-refractivity contribution >= 4 is 0 Å². The number of nitrogens with zero attached hydrogens (tertiary/aromatic N) is 1. The molecule has 0 N–H and O–H groups in total. The molecule has 0 aromatic rings. The van der Waals surface area contributed by atoms with Crippen LogP contribution in [0.5, 0.6) is 0 Å². The lowest BCUT2D eigenvalue weighted by Gasteiger charge is -2.66. The summed E-state index contributed by atoms with van der Waals surface area (Å²) in [6.07, 6.45) is 68.4. The molecule has 1 heteroatoms. The van der Waals surface area contributed by atoms with Crippen molar-refractivity contribution in [1.82, 2.24) is 4.90 Å². The molecule has 0 spiro atoms. The quantitative estimate of drug-likeness (QED) is 0.235. The van der Waals surface area contributed by atoms with E-state index in [9.17, 15) is 0 Å². The van der Waals surface area contributed by atoms with Crippen LogP contribution < -0.4 is 0 Å². The molecular weight excluding hydrogens is 783 g/mol. The summed E-state index contributed by atoms with van der Waals surface area (Å²) in [5.41, 5.74) is 0. The molecule has 11 atom stereocenters. The van der Waals surface area contributed by atoms with Gasteiger partial charge in [-0.3, -0.25) is 4.90 Å². The fourth-order valence-electron chi connectivity index (χ4n) is 23.7. The second-order valence-electron chi connectivity index (χ2n) is 28.1. The van der Waals surface area contributed by atoms with Gasteiger partial charge in [0.15, 0.2) is 0 Å². The van der Waals surface area contributed by atoms with Crippen LogP contribution in [0, 0.1) is 107 Å². The summed E-state index contributed by atoms with van der Waals surface area (Å²) in [5, 5.41) is 0. The molecule has 0 amide bonds. The maximum absolute atomic E-state index is 3.30. The number of hydrogen-bond acceptors (Lipinski definition) is 1. The largest absolute Gasteiger partial charge is 0.294 e. The van der Waals surface area contributed by atoms with Crippen LogP contribution in [0.3, 0.4) is 0 Å². The first kappa shape index (κ1) is 46.1. The van der Waals surface area contributed by atoms with E-state index in [0.717, 1.165) is 125 Å². The van der Waals surface area contributed by atoms with E-state index in [0.29, 0.717) is 0 Å². The lowest BCUT2D eigenvalue weighted by atomic mass is 9.39. The van der Waals surface area contributed by atoms with Gasteiger partial charge < -0.3 is 0 Å². The zero-order valence-corrected chi connectivity index (χ0v) is 43.0. The summed E-state index contributed by atoms with van der Waals surface area (Å²) in [7, 11) is 0.